The van der Waals surface area contributed by atoms with E-state index in [4.69, 9.17) is 5.73 Å². The van der Waals surface area contributed by atoms with Crippen LogP contribution < -0.4 is 10.5 Å². The van der Waals surface area contributed by atoms with Crippen molar-refractivity contribution in [2.24, 2.45) is 0 Å². The zero-order chi connectivity index (χ0) is 13.2. The molecule has 0 saturated heterocycles. The highest BCUT2D eigenvalue weighted by Gasteiger charge is 2.14. The lowest BCUT2D eigenvalue weighted by atomic mass is 10.2. The molecule has 5 heteroatoms. The number of anilines is 2. The molecule has 0 atom stereocenters. The van der Waals surface area contributed by atoms with Crippen molar-refractivity contribution in [3.8, 4) is 0 Å². The Labute approximate surface area is 107 Å². The van der Waals surface area contributed by atoms with Gasteiger partial charge < -0.3 is 5.73 Å². The van der Waals surface area contributed by atoms with Crippen LogP contribution in [0.25, 0.3) is 0 Å². The Kier molecular flexibility index (Phi) is 3.25. The Hall–Kier alpha value is -2.01. The van der Waals surface area contributed by atoms with E-state index < -0.39 is 10.0 Å². The summed E-state index contributed by atoms with van der Waals surface area (Å²) in [5.41, 5.74) is 7.49. The molecule has 18 heavy (non-hydrogen) atoms. The number of sulfonamides is 1. The zero-order valence-corrected chi connectivity index (χ0v) is 10.7. The summed E-state index contributed by atoms with van der Waals surface area (Å²) >= 11 is 0. The molecule has 0 aliphatic rings. The lowest BCUT2D eigenvalue weighted by molar-refractivity contribution is 0.601. The van der Waals surface area contributed by atoms with E-state index >= 15 is 0 Å². The van der Waals surface area contributed by atoms with Gasteiger partial charge in [-0.15, -0.1) is 0 Å². The summed E-state index contributed by atoms with van der Waals surface area (Å²) in [5, 5.41) is 0. The minimum absolute atomic E-state index is 0.219. The van der Waals surface area contributed by atoms with Crippen LogP contribution in [-0.4, -0.2) is 8.42 Å². The monoisotopic (exact) mass is 262 g/mol. The van der Waals surface area contributed by atoms with Crippen molar-refractivity contribution in [1.82, 2.24) is 0 Å². The van der Waals surface area contributed by atoms with E-state index in [0.717, 1.165) is 5.56 Å². The molecular weight excluding hydrogens is 248 g/mol. The molecule has 0 amide bonds. The van der Waals surface area contributed by atoms with Crippen molar-refractivity contribution < 1.29 is 8.42 Å². The van der Waals surface area contributed by atoms with E-state index in [2.05, 4.69) is 4.72 Å². The van der Waals surface area contributed by atoms with Gasteiger partial charge in [-0.25, -0.2) is 8.42 Å². The van der Waals surface area contributed by atoms with Crippen molar-refractivity contribution in [2.75, 3.05) is 10.5 Å². The van der Waals surface area contributed by atoms with Crippen LogP contribution in [-0.2, 0) is 10.0 Å². The third kappa shape index (κ3) is 2.62. The number of rotatable bonds is 3. The molecule has 0 saturated carbocycles. The first-order valence-electron chi connectivity index (χ1n) is 5.43. The van der Waals surface area contributed by atoms with Gasteiger partial charge in [0.05, 0.1) is 16.3 Å². The maximum atomic E-state index is 12.1. The molecular formula is C13H14N2O2S. The normalized spacial score (nSPS) is 11.2. The number of nitrogens with two attached hydrogens (primary N) is 1. The molecule has 94 valence electrons. The molecule has 0 aromatic heterocycles. The molecule has 0 aliphatic carbocycles. The first-order valence-corrected chi connectivity index (χ1v) is 6.91. The Balaban J connectivity index is 2.33. The third-order valence-corrected chi connectivity index (χ3v) is 3.92. The molecule has 0 aliphatic heterocycles. The fourth-order valence-electron chi connectivity index (χ4n) is 1.51. The Morgan fingerprint density at radius 1 is 1.00 bits per heavy atom. The second-order valence-corrected chi connectivity index (χ2v) is 5.69. The number of nitrogens with one attached hydrogen (secondary N) is 1. The summed E-state index contributed by atoms with van der Waals surface area (Å²) < 4.78 is 26.7. The zero-order valence-electron chi connectivity index (χ0n) is 9.92. The van der Waals surface area contributed by atoms with E-state index in [1.165, 1.54) is 0 Å². The van der Waals surface area contributed by atoms with Gasteiger partial charge in [0.25, 0.3) is 10.0 Å². The van der Waals surface area contributed by atoms with Crippen molar-refractivity contribution in [3.05, 3.63) is 54.1 Å². The maximum Gasteiger partial charge on any atom is 0.261 e. The van der Waals surface area contributed by atoms with Crippen molar-refractivity contribution >= 4 is 21.4 Å². The van der Waals surface area contributed by atoms with Crippen LogP contribution in [0, 0.1) is 6.92 Å². The van der Waals surface area contributed by atoms with Gasteiger partial charge in [-0.3, -0.25) is 4.72 Å². The molecule has 0 fully saturated rings. The predicted molar refractivity (Wildman–Crippen MR) is 72.8 cm³/mol. The van der Waals surface area contributed by atoms with Gasteiger partial charge in [0.15, 0.2) is 0 Å². The number of hydrogen-bond acceptors (Lipinski definition) is 3. The number of nitrogen functional groups attached to an aromatic ring is 1. The lowest BCUT2D eigenvalue weighted by Crippen LogP contribution is -2.14. The van der Waals surface area contributed by atoms with E-state index in [1.54, 1.807) is 48.5 Å². The summed E-state index contributed by atoms with van der Waals surface area (Å²) in [6.07, 6.45) is 0. The predicted octanol–water partition coefficient (Wildman–Crippen LogP) is 2.38. The maximum absolute atomic E-state index is 12.1. The van der Waals surface area contributed by atoms with Gasteiger partial charge in [0.1, 0.15) is 0 Å². The van der Waals surface area contributed by atoms with Crippen LogP contribution in [0.4, 0.5) is 11.4 Å². The van der Waals surface area contributed by atoms with Crippen LogP contribution in [0.5, 0.6) is 0 Å². The molecule has 0 bridgehead atoms. The minimum Gasteiger partial charge on any atom is -0.397 e. The van der Waals surface area contributed by atoms with Gasteiger partial charge in [0, 0.05) is 0 Å². The number of hydrogen-bond donors (Lipinski definition) is 2. The van der Waals surface area contributed by atoms with Crippen molar-refractivity contribution in [3.63, 3.8) is 0 Å². The molecule has 0 spiro atoms. The molecule has 0 heterocycles. The van der Waals surface area contributed by atoms with Crippen LogP contribution >= 0.6 is 0 Å². The minimum atomic E-state index is -3.58. The Bertz CT molecular complexity index is 649. The average molecular weight is 262 g/mol. The lowest BCUT2D eigenvalue weighted by Gasteiger charge is -2.10. The molecule has 3 N–H and O–H groups in total. The first-order chi connectivity index (χ1) is 8.49. The van der Waals surface area contributed by atoms with Gasteiger partial charge in [-0.1, -0.05) is 29.8 Å². The summed E-state index contributed by atoms with van der Waals surface area (Å²) in [5.74, 6) is 0. The van der Waals surface area contributed by atoms with Crippen LogP contribution in [0.1, 0.15) is 5.56 Å². The van der Waals surface area contributed by atoms with Crippen molar-refractivity contribution in [1.29, 1.82) is 0 Å². The van der Waals surface area contributed by atoms with E-state index in [9.17, 15) is 8.42 Å². The SMILES string of the molecule is Cc1ccc(S(=O)(=O)Nc2ccccc2N)cc1. The third-order valence-electron chi connectivity index (χ3n) is 2.54. The molecule has 2 rings (SSSR count). The fourth-order valence-corrected chi connectivity index (χ4v) is 2.60. The number of aryl methyl sites for hydroxylation is 1. The highest BCUT2D eigenvalue weighted by atomic mass is 32.2. The van der Waals surface area contributed by atoms with Crippen molar-refractivity contribution in [2.45, 2.75) is 11.8 Å². The molecule has 4 nitrogen and oxygen atoms in total. The Morgan fingerprint density at radius 3 is 2.22 bits per heavy atom. The fraction of sp³-hybridized carbons (Fsp3) is 0.0769. The summed E-state index contributed by atoms with van der Waals surface area (Å²) in [6.45, 7) is 1.90. The largest absolute Gasteiger partial charge is 0.397 e. The summed E-state index contributed by atoms with van der Waals surface area (Å²) in [7, 11) is -3.58. The molecule has 0 unspecified atom stereocenters. The number of para-hydroxylation sites is 2. The topological polar surface area (TPSA) is 72.2 Å². The highest BCUT2D eigenvalue weighted by Crippen LogP contribution is 2.21. The van der Waals surface area contributed by atoms with Gasteiger partial charge in [0.2, 0.25) is 0 Å². The standard InChI is InChI=1S/C13H14N2O2S/c1-10-6-8-11(9-7-10)18(16,17)15-13-5-3-2-4-12(13)14/h2-9,15H,14H2,1H3. The van der Waals surface area contributed by atoms with Gasteiger partial charge in [-0.05, 0) is 31.2 Å². The second kappa shape index (κ2) is 4.70. The number of benzene rings is 2. The van der Waals surface area contributed by atoms with E-state index in [1.807, 2.05) is 6.92 Å². The molecule has 2 aromatic rings. The van der Waals surface area contributed by atoms with Crippen LogP contribution in [0.2, 0.25) is 0 Å². The highest BCUT2D eigenvalue weighted by molar-refractivity contribution is 7.92. The second-order valence-electron chi connectivity index (χ2n) is 4.01. The summed E-state index contributed by atoms with van der Waals surface area (Å²) in [4.78, 5) is 0.219. The summed E-state index contributed by atoms with van der Waals surface area (Å²) in [6, 6.07) is 13.4. The van der Waals surface area contributed by atoms with E-state index in [0.29, 0.717) is 11.4 Å². The van der Waals surface area contributed by atoms with Gasteiger partial charge in [-0.2, -0.15) is 0 Å². The average Bonchev–Trinajstić information content (AvgIpc) is 2.32. The first kappa shape index (κ1) is 12.4. The van der Waals surface area contributed by atoms with E-state index in [-0.39, 0.29) is 4.90 Å². The molecule has 2 aromatic carbocycles. The van der Waals surface area contributed by atoms with Gasteiger partial charge >= 0.3 is 0 Å². The quantitative estimate of drug-likeness (QED) is 0.834. The Morgan fingerprint density at radius 2 is 1.61 bits per heavy atom. The van der Waals surface area contributed by atoms with Crippen LogP contribution in [0.3, 0.4) is 0 Å². The molecule has 0 radical (unpaired) electrons. The smallest absolute Gasteiger partial charge is 0.261 e. The van der Waals surface area contributed by atoms with Crippen LogP contribution in [0.15, 0.2) is 53.4 Å².